The number of hydrogen-bond acceptors (Lipinski definition) is 5. The summed E-state index contributed by atoms with van der Waals surface area (Å²) < 4.78 is 81.0. The molecular weight excluding hydrogens is 464 g/mol. The fourth-order valence-electron chi connectivity index (χ4n) is 2.64. The van der Waals surface area contributed by atoms with Gasteiger partial charge in [0.1, 0.15) is 10.7 Å². The number of benzene rings is 3. The van der Waals surface area contributed by atoms with E-state index in [1.54, 1.807) is 6.07 Å². The number of hydrazone groups is 1. The van der Waals surface area contributed by atoms with Crippen molar-refractivity contribution < 1.29 is 35.0 Å². The van der Waals surface area contributed by atoms with Crippen LogP contribution in [-0.4, -0.2) is 20.5 Å². The number of halogens is 4. The van der Waals surface area contributed by atoms with Crippen LogP contribution in [0.5, 0.6) is 5.75 Å². The molecule has 0 aliphatic carbocycles. The van der Waals surface area contributed by atoms with E-state index in [4.69, 9.17) is 4.18 Å². The fraction of sp³-hybridized carbons (Fsp3) is 0.0909. The molecule has 33 heavy (non-hydrogen) atoms. The zero-order chi connectivity index (χ0) is 24.1. The third-order valence-corrected chi connectivity index (χ3v) is 5.51. The van der Waals surface area contributed by atoms with E-state index in [9.17, 15) is 30.8 Å². The number of nitrogens with zero attached hydrogens (tertiary/aromatic N) is 1. The van der Waals surface area contributed by atoms with Gasteiger partial charge in [-0.05, 0) is 54.1 Å². The van der Waals surface area contributed by atoms with Crippen molar-refractivity contribution in [3.63, 3.8) is 0 Å². The lowest BCUT2D eigenvalue weighted by Gasteiger charge is -2.11. The van der Waals surface area contributed by atoms with Gasteiger partial charge in [-0.1, -0.05) is 24.3 Å². The molecule has 0 aromatic heterocycles. The van der Waals surface area contributed by atoms with Gasteiger partial charge in [0.2, 0.25) is 5.91 Å². The molecule has 0 aliphatic heterocycles. The van der Waals surface area contributed by atoms with E-state index < -0.39 is 38.5 Å². The number of rotatable bonds is 7. The summed E-state index contributed by atoms with van der Waals surface area (Å²) in [6.45, 7) is 0. The van der Waals surface area contributed by atoms with Gasteiger partial charge in [0.15, 0.2) is 5.75 Å². The van der Waals surface area contributed by atoms with Crippen molar-refractivity contribution in [2.75, 3.05) is 0 Å². The van der Waals surface area contributed by atoms with E-state index in [1.807, 2.05) is 0 Å². The molecule has 1 amide bonds. The normalized spacial score (nSPS) is 12.0. The van der Waals surface area contributed by atoms with Gasteiger partial charge >= 0.3 is 16.3 Å². The Morgan fingerprint density at radius 2 is 1.61 bits per heavy atom. The van der Waals surface area contributed by atoms with Gasteiger partial charge in [-0.3, -0.25) is 4.79 Å². The molecule has 0 bridgehead atoms. The Morgan fingerprint density at radius 3 is 2.24 bits per heavy atom. The lowest BCUT2D eigenvalue weighted by molar-refractivity contribution is -0.137. The summed E-state index contributed by atoms with van der Waals surface area (Å²) in [6, 6.07) is 14.1. The van der Waals surface area contributed by atoms with Crippen LogP contribution in [-0.2, 0) is 27.5 Å². The lowest BCUT2D eigenvalue weighted by Crippen LogP contribution is -2.19. The van der Waals surface area contributed by atoms with Crippen molar-refractivity contribution >= 4 is 22.2 Å². The number of amides is 1. The summed E-state index contributed by atoms with van der Waals surface area (Å²) in [5.74, 6) is -1.07. The van der Waals surface area contributed by atoms with E-state index in [-0.39, 0.29) is 17.7 Å². The predicted octanol–water partition coefficient (Wildman–Crippen LogP) is 4.31. The maximum atomic E-state index is 12.9. The predicted molar refractivity (Wildman–Crippen MR) is 112 cm³/mol. The third-order valence-electron chi connectivity index (χ3n) is 4.26. The van der Waals surface area contributed by atoms with Crippen LogP contribution < -0.4 is 9.61 Å². The van der Waals surface area contributed by atoms with Gasteiger partial charge in [0, 0.05) is 5.56 Å². The number of hydrogen-bond donors (Lipinski definition) is 1. The number of carbonyl (C=O) groups excluding carboxylic acids is 1. The Bertz CT molecular complexity index is 1260. The summed E-state index contributed by atoms with van der Waals surface area (Å²) in [5, 5.41) is 3.76. The van der Waals surface area contributed by atoms with Crippen molar-refractivity contribution in [1.82, 2.24) is 5.43 Å². The summed E-state index contributed by atoms with van der Waals surface area (Å²) in [4.78, 5) is 11.5. The first-order valence-corrected chi connectivity index (χ1v) is 10.7. The molecule has 0 saturated heterocycles. The maximum Gasteiger partial charge on any atom is 0.416 e. The van der Waals surface area contributed by atoms with E-state index in [2.05, 4.69) is 10.5 Å². The largest absolute Gasteiger partial charge is 0.416 e. The second kappa shape index (κ2) is 9.82. The SMILES string of the molecule is O=C(Cc1ccc(F)cc1)N/N=C/c1ccccc1OS(=O)(=O)c1ccc(C(F)(F)F)cc1. The molecule has 0 heterocycles. The molecule has 0 atom stereocenters. The Labute approximate surface area is 186 Å². The van der Waals surface area contributed by atoms with Crippen LogP contribution in [0.4, 0.5) is 17.6 Å². The molecule has 0 saturated carbocycles. The van der Waals surface area contributed by atoms with Crippen LogP contribution in [0.1, 0.15) is 16.7 Å². The van der Waals surface area contributed by atoms with Crippen molar-refractivity contribution in [3.05, 3.63) is 95.3 Å². The molecule has 0 unspecified atom stereocenters. The highest BCUT2D eigenvalue weighted by molar-refractivity contribution is 7.87. The highest BCUT2D eigenvalue weighted by Crippen LogP contribution is 2.30. The molecule has 0 radical (unpaired) electrons. The monoisotopic (exact) mass is 480 g/mol. The van der Waals surface area contributed by atoms with Gasteiger partial charge in [0.25, 0.3) is 0 Å². The van der Waals surface area contributed by atoms with Crippen molar-refractivity contribution in [3.8, 4) is 5.75 Å². The zero-order valence-corrected chi connectivity index (χ0v) is 17.5. The molecule has 0 spiro atoms. The van der Waals surface area contributed by atoms with E-state index in [0.717, 1.165) is 18.3 Å². The molecule has 0 fully saturated rings. The highest BCUT2D eigenvalue weighted by Gasteiger charge is 2.31. The highest BCUT2D eigenvalue weighted by atomic mass is 32.2. The van der Waals surface area contributed by atoms with E-state index in [0.29, 0.717) is 17.7 Å². The van der Waals surface area contributed by atoms with Gasteiger partial charge < -0.3 is 4.18 Å². The number of carbonyl (C=O) groups is 1. The van der Waals surface area contributed by atoms with E-state index in [1.165, 1.54) is 42.5 Å². The molecule has 3 aromatic rings. The minimum atomic E-state index is -4.60. The molecular formula is C22H16F4N2O4S. The van der Waals surface area contributed by atoms with Crippen LogP contribution in [0.3, 0.4) is 0 Å². The molecule has 0 aliphatic rings. The van der Waals surface area contributed by atoms with E-state index >= 15 is 0 Å². The van der Waals surface area contributed by atoms with Crippen LogP contribution in [0, 0.1) is 5.82 Å². The number of alkyl halides is 3. The first-order valence-electron chi connectivity index (χ1n) is 9.32. The maximum absolute atomic E-state index is 12.9. The van der Waals surface area contributed by atoms with Gasteiger partial charge in [-0.15, -0.1) is 0 Å². The quantitative estimate of drug-likeness (QED) is 0.237. The van der Waals surface area contributed by atoms with Crippen molar-refractivity contribution in [2.45, 2.75) is 17.5 Å². The minimum Gasteiger partial charge on any atom is -0.378 e. The second-order valence-electron chi connectivity index (χ2n) is 6.69. The van der Waals surface area contributed by atoms with Crippen LogP contribution >= 0.6 is 0 Å². The van der Waals surface area contributed by atoms with Gasteiger partial charge in [0.05, 0.1) is 18.2 Å². The van der Waals surface area contributed by atoms with Crippen molar-refractivity contribution in [2.24, 2.45) is 5.10 Å². The Balaban J connectivity index is 1.69. The molecule has 6 nitrogen and oxygen atoms in total. The van der Waals surface area contributed by atoms with Crippen LogP contribution in [0.25, 0.3) is 0 Å². The van der Waals surface area contributed by atoms with Crippen LogP contribution in [0.15, 0.2) is 82.8 Å². The Morgan fingerprint density at radius 1 is 0.970 bits per heavy atom. The second-order valence-corrected chi connectivity index (χ2v) is 8.24. The molecule has 1 N–H and O–H groups in total. The minimum absolute atomic E-state index is 0.0575. The van der Waals surface area contributed by atoms with Gasteiger partial charge in [-0.2, -0.15) is 26.7 Å². The summed E-state index contributed by atoms with van der Waals surface area (Å²) in [7, 11) is -4.43. The standard InChI is InChI=1S/C22H16F4N2O4S/c23-18-9-5-15(6-10-18)13-21(29)28-27-14-16-3-1-2-4-20(16)32-33(30,31)19-11-7-17(8-12-19)22(24,25)26/h1-12,14H,13H2,(H,28,29)/b27-14+. The number of para-hydroxylation sites is 1. The smallest absolute Gasteiger partial charge is 0.378 e. The zero-order valence-electron chi connectivity index (χ0n) is 16.7. The average molecular weight is 480 g/mol. The van der Waals surface area contributed by atoms with Crippen molar-refractivity contribution in [1.29, 1.82) is 0 Å². The molecule has 3 rings (SSSR count). The first-order chi connectivity index (χ1) is 15.5. The van der Waals surface area contributed by atoms with Crippen LogP contribution in [0.2, 0.25) is 0 Å². The fourth-order valence-corrected chi connectivity index (χ4v) is 3.59. The average Bonchev–Trinajstić information content (AvgIpc) is 2.76. The molecule has 3 aromatic carbocycles. The molecule has 11 heteroatoms. The third kappa shape index (κ3) is 6.62. The Kier molecular flexibility index (Phi) is 7.12. The topological polar surface area (TPSA) is 84.8 Å². The summed E-state index contributed by atoms with van der Waals surface area (Å²) in [6.07, 6.45) is -3.51. The lowest BCUT2D eigenvalue weighted by atomic mass is 10.1. The summed E-state index contributed by atoms with van der Waals surface area (Å²) >= 11 is 0. The molecule has 172 valence electrons. The van der Waals surface area contributed by atoms with Gasteiger partial charge in [-0.25, -0.2) is 9.82 Å². The summed E-state index contributed by atoms with van der Waals surface area (Å²) in [5.41, 5.74) is 2.02. The first kappa shape index (κ1) is 23.9. The Hall–Kier alpha value is -3.73. The number of nitrogens with one attached hydrogen (secondary N) is 1.